The Bertz CT molecular complexity index is 905. The Balaban J connectivity index is 1.41. The molecular weight excluding hydrogens is 352 g/mol. The smallest absolute Gasteiger partial charge is 0.277 e. The molecule has 3 rings (SSSR count). The van der Waals surface area contributed by atoms with Crippen molar-refractivity contribution >= 4 is 12.1 Å². The standard InChI is InChI=1S/C23H22N2O3/c1-18-7-9-20(10-8-18)16-27-22-13-11-19(12-14-22)15-24-25-23(26)17-28-21-5-3-2-4-6-21/h2-15H,16-17H2,1H3,(H,25,26)/b24-15-. The van der Waals surface area contributed by atoms with E-state index in [0.29, 0.717) is 12.4 Å². The van der Waals surface area contributed by atoms with Crippen LogP contribution in [0, 0.1) is 6.92 Å². The van der Waals surface area contributed by atoms with Gasteiger partial charge in [0.2, 0.25) is 0 Å². The van der Waals surface area contributed by atoms with Gasteiger partial charge < -0.3 is 9.47 Å². The molecule has 0 aliphatic rings. The van der Waals surface area contributed by atoms with Gasteiger partial charge in [0.1, 0.15) is 18.1 Å². The minimum Gasteiger partial charge on any atom is -0.489 e. The third kappa shape index (κ3) is 6.29. The Morgan fingerprint density at radius 1 is 0.893 bits per heavy atom. The Kier molecular flexibility index (Phi) is 6.79. The quantitative estimate of drug-likeness (QED) is 0.477. The zero-order valence-electron chi connectivity index (χ0n) is 15.7. The molecular formula is C23H22N2O3. The highest BCUT2D eigenvalue weighted by atomic mass is 16.5. The van der Waals surface area contributed by atoms with Crippen molar-refractivity contribution in [1.82, 2.24) is 5.43 Å². The van der Waals surface area contributed by atoms with E-state index in [1.165, 1.54) is 5.56 Å². The van der Waals surface area contributed by atoms with Gasteiger partial charge >= 0.3 is 0 Å². The van der Waals surface area contributed by atoms with E-state index in [1.54, 1.807) is 18.3 Å². The summed E-state index contributed by atoms with van der Waals surface area (Å²) in [5, 5.41) is 3.94. The zero-order valence-corrected chi connectivity index (χ0v) is 15.7. The molecule has 0 saturated carbocycles. The van der Waals surface area contributed by atoms with E-state index in [-0.39, 0.29) is 12.5 Å². The van der Waals surface area contributed by atoms with Gasteiger partial charge in [0.15, 0.2) is 6.61 Å². The number of ether oxygens (including phenoxy) is 2. The van der Waals surface area contributed by atoms with Crippen LogP contribution in [-0.2, 0) is 11.4 Å². The van der Waals surface area contributed by atoms with Crippen LogP contribution >= 0.6 is 0 Å². The Morgan fingerprint density at radius 3 is 2.29 bits per heavy atom. The number of amides is 1. The Labute approximate surface area is 164 Å². The van der Waals surface area contributed by atoms with Gasteiger partial charge in [-0.3, -0.25) is 4.79 Å². The van der Waals surface area contributed by atoms with E-state index >= 15 is 0 Å². The number of hydrogen-bond acceptors (Lipinski definition) is 4. The van der Waals surface area contributed by atoms with E-state index in [1.807, 2.05) is 42.5 Å². The van der Waals surface area contributed by atoms with Gasteiger partial charge in [-0.2, -0.15) is 5.10 Å². The van der Waals surface area contributed by atoms with E-state index in [0.717, 1.165) is 16.9 Å². The van der Waals surface area contributed by atoms with Crippen LogP contribution in [0.1, 0.15) is 16.7 Å². The summed E-state index contributed by atoms with van der Waals surface area (Å²) in [7, 11) is 0. The van der Waals surface area contributed by atoms with Crippen LogP contribution in [0.15, 0.2) is 84.0 Å². The molecule has 142 valence electrons. The van der Waals surface area contributed by atoms with Crippen LogP contribution in [0.2, 0.25) is 0 Å². The van der Waals surface area contributed by atoms with Crippen LogP contribution in [-0.4, -0.2) is 18.7 Å². The average Bonchev–Trinajstić information content (AvgIpc) is 2.73. The number of nitrogens with zero attached hydrogens (tertiary/aromatic N) is 1. The van der Waals surface area contributed by atoms with Crippen molar-refractivity contribution in [2.24, 2.45) is 5.10 Å². The van der Waals surface area contributed by atoms with Gasteiger partial charge in [0, 0.05) is 0 Å². The molecule has 3 aromatic rings. The lowest BCUT2D eigenvalue weighted by molar-refractivity contribution is -0.123. The van der Waals surface area contributed by atoms with Crippen LogP contribution in [0.3, 0.4) is 0 Å². The zero-order chi connectivity index (χ0) is 19.6. The molecule has 1 amide bonds. The number of para-hydroxylation sites is 1. The minimum absolute atomic E-state index is 0.0901. The lowest BCUT2D eigenvalue weighted by Crippen LogP contribution is -2.24. The van der Waals surface area contributed by atoms with E-state index < -0.39 is 0 Å². The summed E-state index contributed by atoms with van der Waals surface area (Å²) < 4.78 is 11.1. The molecule has 5 nitrogen and oxygen atoms in total. The van der Waals surface area contributed by atoms with Gasteiger partial charge in [-0.25, -0.2) is 5.43 Å². The molecule has 0 radical (unpaired) electrons. The highest BCUT2D eigenvalue weighted by Gasteiger charge is 2.01. The second kappa shape index (κ2) is 9.92. The normalized spacial score (nSPS) is 10.6. The summed E-state index contributed by atoms with van der Waals surface area (Å²) >= 11 is 0. The third-order valence-electron chi connectivity index (χ3n) is 3.92. The lowest BCUT2D eigenvalue weighted by Gasteiger charge is -2.07. The molecule has 0 bridgehead atoms. The van der Waals surface area contributed by atoms with Crippen LogP contribution in [0.4, 0.5) is 0 Å². The van der Waals surface area contributed by atoms with Gasteiger partial charge in [-0.05, 0) is 54.4 Å². The number of nitrogens with one attached hydrogen (secondary N) is 1. The maximum Gasteiger partial charge on any atom is 0.277 e. The monoisotopic (exact) mass is 374 g/mol. The van der Waals surface area contributed by atoms with Crippen molar-refractivity contribution in [3.05, 3.63) is 95.6 Å². The Morgan fingerprint density at radius 2 is 1.57 bits per heavy atom. The second-order valence-electron chi connectivity index (χ2n) is 6.24. The first-order chi connectivity index (χ1) is 13.7. The highest BCUT2D eigenvalue weighted by molar-refractivity contribution is 5.83. The number of rotatable bonds is 8. The fourth-order valence-corrected chi connectivity index (χ4v) is 2.38. The number of aryl methyl sites for hydroxylation is 1. The number of benzene rings is 3. The van der Waals surface area contributed by atoms with Gasteiger partial charge in [0.25, 0.3) is 5.91 Å². The number of hydrazone groups is 1. The van der Waals surface area contributed by atoms with Crippen molar-refractivity contribution in [3.8, 4) is 11.5 Å². The molecule has 0 fully saturated rings. The third-order valence-corrected chi connectivity index (χ3v) is 3.92. The number of carbonyl (C=O) groups is 1. The summed E-state index contributed by atoms with van der Waals surface area (Å²) in [4.78, 5) is 11.7. The first-order valence-corrected chi connectivity index (χ1v) is 8.97. The van der Waals surface area contributed by atoms with E-state index in [2.05, 4.69) is 41.7 Å². The summed E-state index contributed by atoms with van der Waals surface area (Å²) in [6.45, 7) is 2.49. The molecule has 28 heavy (non-hydrogen) atoms. The van der Waals surface area contributed by atoms with Crippen molar-refractivity contribution in [1.29, 1.82) is 0 Å². The summed E-state index contributed by atoms with van der Waals surface area (Å²) in [6, 6.07) is 24.9. The molecule has 0 unspecified atom stereocenters. The lowest BCUT2D eigenvalue weighted by atomic mass is 10.2. The molecule has 0 aromatic heterocycles. The van der Waals surface area contributed by atoms with Gasteiger partial charge in [-0.15, -0.1) is 0 Å². The minimum atomic E-state index is -0.321. The number of hydrogen-bond donors (Lipinski definition) is 1. The van der Waals surface area contributed by atoms with Crippen LogP contribution in [0.25, 0.3) is 0 Å². The molecule has 0 aliphatic heterocycles. The highest BCUT2D eigenvalue weighted by Crippen LogP contribution is 2.14. The molecule has 1 N–H and O–H groups in total. The predicted molar refractivity (Wildman–Crippen MR) is 110 cm³/mol. The van der Waals surface area contributed by atoms with Gasteiger partial charge in [-0.1, -0.05) is 48.0 Å². The molecule has 0 aliphatic carbocycles. The van der Waals surface area contributed by atoms with E-state index in [4.69, 9.17) is 9.47 Å². The van der Waals surface area contributed by atoms with Crippen molar-refractivity contribution in [2.75, 3.05) is 6.61 Å². The molecule has 0 saturated heterocycles. The Hall–Kier alpha value is -3.60. The van der Waals surface area contributed by atoms with Crippen molar-refractivity contribution in [2.45, 2.75) is 13.5 Å². The second-order valence-corrected chi connectivity index (χ2v) is 6.24. The molecule has 0 spiro atoms. The van der Waals surface area contributed by atoms with Crippen molar-refractivity contribution in [3.63, 3.8) is 0 Å². The van der Waals surface area contributed by atoms with E-state index in [9.17, 15) is 4.79 Å². The predicted octanol–water partition coefficient (Wildman–Crippen LogP) is 4.10. The average molecular weight is 374 g/mol. The first-order valence-electron chi connectivity index (χ1n) is 8.97. The SMILES string of the molecule is Cc1ccc(COc2ccc(/C=N\NC(=O)COc3ccccc3)cc2)cc1. The molecule has 0 heterocycles. The fourth-order valence-electron chi connectivity index (χ4n) is 2.38. The summed E-state index contributed by atoms with van der Waals surface area (Å²) in [5.41, 5.74) is 5.64. The van der Waals surface area contributed by atoms with Crippen LogP contribution in [0.5, 0.6) is 11.5 Å². The van der Waals surface area contributed by atoms with Gasteiger partial charge in [0.05, 0.1) is 6.21 Å². The first kappa shape index (κ1) is 19.2. The topological polar surface area (TPSA) is 59.9 Å². The summed E-state index contributed by atoms with van der Waals surface area (Å²) in [6.07, 6.45) is 1.57. The maximum absolute atomic E-state index is 11.7. The molecule has 3 aromatic carbocycles. The fraction of sp³-hybridized carbons (Fsp3) is 0.130. The summed E-state index contributed by atoms with van der Waals surface area (Å²) in [5.74, 6) is 1.10. The molecule has 0 atom stereocenters. The number of carbonyl (C=O) groups excluding carboxylic acids is 1. The van der Waals surface area contributed by atoms with Crippen molar-refractivity contribution < 1.29 is 14.3 Å². The van der Waals surface area contributed by atoms with Crippen LogP contribution < -0.4 is 14.9 Å². The largest absolute Gasteiger partial charge is 0.489 e. The maximum atomic E-state index is 11.7. The molecule has 5 heteroatoms.